The van der Waals surface area contributed by atoms with Gasteiger partial charge in [-0.25, -0.2) is 0 Å². The third-order valence-corrected chi connectivity index (χ3v) is 5.15. The van der Waals surface area contributed by atoms with Gasteiger partial charge in [-0.3, -0.25) is 9.98 Å². The number of amidine groups is 1. The predicted octanol–water partition coefficient (Wildman–Crippen LogP) is 3.43. The van der Waals surface area contributed by atoms with Crippen LogP contribution in [0.1, 0.15) is 21.5 Å². The molecule has 0 amide bonds. The molecule has 0 aliphatic carbocycles. The lowest BCUT2D eigenvalue weighted by atomic mass is 10.1. The van der Waals surface area contributed by atoms with Gasteiger partial charge in [0.05, 0.1) is 12.6 Å². The van der Waals surface area contributed by atoms with Crippen molar-refractivity contribution in [3.05, 3.63) is 52.0 Å². The van der Waals surface area contributed by atoms with Crippen LogP contribution in [0.15, 0.2) is 41.5 Å². The van der Waals surface area contributed by atoms with E-state index < -0.39 is 0 Å². The summed E-state index contributed by atoms with van der Waals surface area (Å²) in [5.74, 6) is 1.09. The molecule has 1 unspecified atom stereocenters. The first kappa shape index (κ1) is 13.6. The van der Waals surface area contributed by atoms with Crippen molar-refractivity contribution in [2.45, 2.75) is 19.4 Å². The number of aryl methyl sites for hydroxylation is 1. The molecule has 0 saturated heterocycles. The minimum absolute atomic E-state index is 0.257. The van der Waals surface area contributed by atoms with Gasteiger partial charge in [-0.15, -0.1) is 11.3 Å². The van der Waals surface area contributed by atoms with Crippen LogP contribution in [-0.4, -0.2) is 22.4 Å². The lowest BCUT2D eigenvalue weighted by Gasteiger charge is -2.18. The van der Waals surface area contributed by atoms with Crippen molar-refractivity contribution < 1.29 is 0 Å². The van der Waals surface area contributed by atoms with Crippen molar-refractivity contribution in [1.82, 2.24) is 10.3 Å². The van der Waals surface area contributed by atoms with Crippen LogP contribution < -0.4 is 5.32 Å². The summed E-state index contributed by atoms with van der Waals surface area (Å²) in [6.07, 6.45) is 2.74. The molecule has 20 heavy (non-hydrogen) atoms. The number of rotatable bonds is 4. The second kappa shape index (κ2) is 6.41. The molecule has 3 rings (SSSR count). The molecular weight excluding hydrogens is 286 g/mol. The summed E-state index contributed by atoms with van der Waals surface area (Å²) >= 11 is 3.65. The number of hydrogen-bond donors (Lipinski definition) is 1. The van der Waals surface area contributed by atoms with Crippen molar-refractivity contribution in [2.75, 3.05) is 12.3 Å². The number of thioether (sulfide) groups is 1. The van der Waals surface area contributed by atoms with Crippen LogP contribution in [0.25, 0.3) is 0 Å². The first-order valence-electron chi connectivity index (χ1n) is 6.71. The summed E-state index contributed by atoms with van der Waals surface area (Å²) in [6.45, 7) is 3.07. The second-order valence-corrected chi connectivity index (χ2v) is 7.11. The summed E-state index contributed by atoms with van der Waals surface area (Å²) in [5.41, 5.74) is 1.11. The lowest BCUT2D eigenvalue weighted by Crippen LogP contribution is -2.26. The minimum atomic E-state index is 0.257. The fourth-order valence-electron chi connectivity index (χ4n) is 2.16. The van der Waals surface area contributed by atoms with E-state index in [0.717, 1.165) is 29.6 Å². The zero-order chi connectivity index (χ0) is 13.8. The molecule has 1 aliphatic heterocycles. The van der Waals surface area contributed by atoms with Crippen LogP contribution in [0.2, 0.25) is 0 Å². The van der Waals surface area contributed by atoms with E-state index in [4.69, 9.17) is 0 Å². The zero-order valence-corrected chi connectivity index (χ0v) is 13.0. The smallest absolute Gasteiger partial charge is 0.157 e. The standard InChI is InChI=1S/C15H17N3S2/c1-11-5-6-14(20-11)13(18-15-17-8-9-19-15)10-12-4-2-3-7-16-12/h2-7,13H,8-10H2,1H3,(H,17,18). The molecule has 0 aromatic carbocycles. The number of pyridine rings is 1. The number of hydrogen-bond acceptors (Lipinski definition) is 5. The van der Waals surface area contributed by atoms with E-state index in [1.54, 1.807) is 11.8 Å². The maximum absolute atomic E-state index is 4.50. The van der Waals surface area contributed by atoms with Crippen molar-refractivity contribution in [3.63, 3.8) is 0 Å². The number of nitrogens with one attached hydrogen (secondary N) is 1. The highest BCUT2D eigenvalue weighted by Crippen LogP contribution is 2.26. The number of aliphatic imine (C=N–C) groups is 1. The van der Waals surface area contributed by atoms with Gasteiger partial charge in [0.1, 0.15) is 0 Å². The summed E-state index contributed by atoms with van der Waals surface area (Å²) in [4.78, 5) is 11.6. The lowest BCUT2D eigenvalue weighted by molar-refractivity contribution is 0.649. The van der Waals surface area contributed by atoms with Gasteiger partial charge in [0, 0.05) is 33.8 Å². The van der Waals surface area contributed by atoms with Crippen molar-refractivity contribution in [3.8, 4) is 0 Å². The summed E-state index contributed by atoms with van der Waals surface area (Å²) in [6, 6.07) is 10.7. The third-order valence-electron chi connectivity index (χ3n) is 3.13. The molecular formula is C15H17N3S2. The molecule has 0 fully saturated rings. The van der Waals surface area contributed by atoms with Crippen molar-refractivity contribution in [1.29, 1.82) is 0 Å². The second-order valence-electron chi connectivity index (χ2n) is 4.71. The Kier molecular flexibility index (Phi) is 4.38. The molecule has 2 aromatic rings. The van der Waals surface area contributed by atoms with E-state index in [-0.39, 0.29) is 6.04 Å². The van der Waals surface area contributed by atoms with Crippen LogP contribution >= 0.6 is 23.1 Å². The fraction of sp³-hybridized carbons (Fsp3) is 0.333. The van der Waals surface area contributed by atoms with E-state index in [1.807, 2.05) is 29.7 Å². The molecule has 0 bridgehead atoms. The molecule has 2 aromatic heterocycles. The van der Waals surface area contributed by atoms with Gasteiger partial charge >= 0.3 is 0 Å². The van der Waals surface area contributed by atoms with Gasteiger partial charge in [0.25, 0.3) is 0 Å². The predicted molar refractivity (Wildman–Crippen MR) is 87.6 cm³/mol. The Bertz CT molecular complexity index is 592. The molecule has 0 saturated carbocycles. The van der Waals surface area contributed by atoms with Gasteiger partial charge in [-0.05, 0) is 31.2 Å². The monoisotopic (exact) mass is 303 g/mol. The highest BCUT2D eigenvalue weighted by Gasteiger charge is 2.18. The number of nitrogens with zero attached hydrogens (tertiary/aromatic N) is 2. The van der Waals surface area contributed by atoms with Crippen LogP contribution in [0, 0.1) is 6.92 Å². The highest BCUT2D eigenvalue weighted by atomic mass is 32.2. The summed E-state index contributed by atoms with van der Waals surface area (Å²) < 4.78 is 0. The molecule has 3 nitrogen and oxygen atoms in total. The maximum Gasteiger partial charge on any atom is 0.157 e. The van der Waals surface area contributed by atoms with Crippen molar-refractivity contribution >= 4 is 28.3 Å². The van der Waals surface area contributed by atoms with Gasteiger partial charge < -0.3 is 5.32 Å². The normalized spacial score (nSPS) is 15.9. The average Bonchev–Trinajstić information content (AvgIpc) is 3.11. The van der Waals surface area contributed by atoms with Crippen LogP contribution in [0.4, 0.5) is 0 Å². The fourth-order valence-corrected chi connectivity index (χ4v) is 3.88. The maximum atomic E-state index is 4.50. The molecule has 104 valence electrons. The van der Waals surface area contributed by atoms with Gasteiger partial charge in [0.15, 0.2) is 5.17 Å². The van der Waals surface area contributed by atoms with E-state index >= 15 is 0 Å². The largest absolute Gasteiger partial charge is 0.357 e. The van der Waals surface area contributed by atoms with E-state index in [9.17, 15) is 0 Å². The molecule has 0 spiro atoms. The van der Waals surface area contributed by atoms with Crippen LogP contribution in [0.5, 0.6) is 0 Å². The first-order chi connectivity index (χ1) is 9.81. The Balaban J connectivity index is 1.79. The van der Waals surface area contributed by atoms with Crippen LogP contribution in [0.3, 0.4) is 0 Å². The molecule has 1 aliphatic rings. The van der Waals surface area contributed by atoms with Crippen molar-refractivity contribution in [2.24, 2.45) is 4.99 Å². The highest BCUT2D eigenvalue weighted by molar-refractivity contribution is 8.14. The molecule has 3 heterocycles. The Morgan fingerprint density at radius 1 is 1.30 bits per heavy atom. The molecule has 1 atom stereocenters. The van der Waals surface area contributed by atoms with E-state index in [1.165, 1.54) is 9.75 Å². The van der Waals surface area contributed by atoms with Crippen LogP contribution in [-0.2, 0) is 6.42 Å². The van der Waals surface area contributed by atoms with Gasteiger partial charge in [-0.1, -0.05) is 17.8 Å². The van der Waals surface area contributed by atoms with E-state index in [2.05, 4.69) is 40.4 Å². The number of aromatic nitrogens is 1. The summed E-state index contributed by atoms with van der Waals surface area (Å²) in [7, 11) is 0. The Morgan fingerprint density at radius 2 is 2.25 bits per heavy atom. The topological polar surface area (TPSA) is 37.3 Å². The molecule has 5 heteroatoms. The van der Waals surface area contributed by atoms with E-state index in [0.29, 0.717) is 0 Å². The Morgan fingerprint density at radius 3 is 2.90 bits per heavy atom. The average molecular weight is 303 g/mol. The summed E-state index contributed by atoms with van der Waals surface area (Å²) in [5, 5.41) is 4.64. The SMILES string of the molecule is Cc1ccc(C(Cc2ccccn2)NC2=NCCS2)s1. The van der Waals surface area contributed by atoms with Gasteiger partial charge in [0.2, 0.25) is 0 Å². The number of thiophene rings is 1. The Hall–Kier alpha value is -1.33. The quantitative estimate of drug-likeness (QED) is 0.940. The zero-order valence-electron chi connectivity index (χ0n) is 11.4. The van der Waals surface area contributed by atoms with Gasteiger partial charge in [-0.2, -0.15) is 0 Å². The molecule has 1 N–H and O–H groups in total. The minimum Gasteiger partial charge on any atom is -0.357 e. The Labute approximate surface area is 127 Å². The molecule has 0 radical (unpaired) electrons. The third kappa shape index (κ3) is 3.41. The first-order valence-corrected chi connectivity index (χ1v) is 8.51.